The number of phenols is 4. The Morgan fingerprint density at radius 3 is 2.43 bits per heavy atom. The molecule has 0 bridgehead atoms. The third kappa shape index (κ3) is 4.38. The van der Waals surface area contributed by atoms with Crippen LogP contribution in [0, 0.1) is 10.1 Å². The lowest BCUT2D eigenvalue weighted by molar-refractivity contribution is -0.386. The maximum absolute atomic E-state index is 11.7. The van der Waals surface area contributed by atoms with Crippen LogP contribution in [0.4, 0.5) is 5.69 Å². The summed E-state index contributed by atoms with van der Waals surface area (Å²) in [5.41, 5.74) is 0.516. The fourth-order valence-corrected chi connectivity index (χ4v) is 2.34. The highest BCUT2D eigenvalue weighted by atomic mass is 16.6. The molecule has 0 radical (unpaired) electrons. The Morgan fingerprint density at radius 1 is 1.18 bits per heavy atom. The number of rotatable bonds is 7. The summed E-state index contributed by atoms with van der Waals surface area (Å²) in [4.78, 5) is 21.6. The van der Waals surface area contributed by atoms with Gasteiger partial charge in [0.2, 0.25) is 5.75 Å². The second kappa shape index (κ2) is 7.70. The summed E-state index contributed by atoms with van der Waals surface area (Å²) >= 11 is 0. The van der Waals surface area contributed by atoms with Crippen LogP contribution in [0.5, 0.6) is 23.0 Å². The number of nitrogens with one attached hydrogen (secondary N) is 1. The van der Waals surface area contributed by atoms with E-state index in [9.17, 15) is 40.4 Å². The maximum atomic E-state index is 11.7. The quantitative estimate of drug-likeness (QED) is 0.176. The van der Waals surface area contributed by atoms with Crippen LogP contribution >= 0.6 is 0 Å². The predicted octanol–water partition coefficient (Wildman–Crippen LogP) is 1.43. The van der Waals surface area contributed by atoms with Crippen LogP contribution in [0.3, 0.4) is 0 Å². The van der Waals surface area contributed by atoms with Crippen LogP contribution in [0.1, 0.15) is 18.1 Å². The Bertz CT molecular complexity index is 960. The molecule has 2 aromatic rings. The number of hydrazone groups is 1. The van der Waals surface area contributed by atoms with Crippen molar-refractivity contribution in [1.82, 2.24) is 5.43 Å². The second-order valence-electron chi connectivity index (χ2n) is 6.17. The van der Waals surface area contributed by atoms with Crippen LogP contribution in [0.25, 0.3) is 0 Å². The van der Waals surface area contributed by atoms with Crippen molar-refractivity contribution >= 4 is 17.9 Å². The predicted molar refractivity (Wildman–Crippen MR) is 96.7 cm³/mol. The molecule has 1 unspecified atom stereocenters. The molecule has 0 saturated heterocycles. The molecule has 1 atom stereocenters. The van der Waals surface area contributed by atoms with E-state index < -0.39 is 39.4 Å². The van der Waals surface area contributed by atoms with E-state index >= 15 is 0 Å². The van der Waals surface area contributed by atoms with Crippen molar-refractivity contribution in [1.29, 1.82) is 0 Å². The molecule has 11 heteroatoms. The normalized spacial score (nSPS) is 13.2. The van der Waals surface area contributed by atoms with Gasteiger partial charge < -0.3 is 25.5 Å². The Balaban J connectivity index is 2.24. The fraction of sp³-hybridized carbons (Fsp3) is 0.176. The number of phenolic OH excluding ortho intramolecular Hbond substituents is 4. The highest BCUT2D eigenvalue weighted by Gasteiger charge is 2.33. The van der Waals surface area contributed by atoms with E-state index in [2.05, 4.69) is 10.5 Å². The van der Waals surface area contributed by atoms with E-state index in [1.165, 1.54) is 25.1 Å². The van der Waals surface area contributed by atoms with Gasteiger partial charge in [0.25, 0.3) is 0 Å². The molecule has 2 aromatic carbocycles. The zero-order valence-electron chi connectivity index (χ0n) is 14.5. The maximum Gasteiger partial charge on any atom is 0.330 e. The molecule has 28 heavy (non-hydrogen) atoms. The Morgan fingerprint density at radius 2 is 1.86 bits per heavy atom. The number of hydrogen-bond donors (Lipinski definition) is 6. The number of nitrogens with zero attached hydrogens (tertiary/aromatic N) is 2. The molecular formula is C17H17N3O8. The minimum Gasteiger partial charge on any atom is -0.504 e. The average Bonchev–Trinajstić information content (AvgIpc) is 2.60. The van der Waals surface area contributed by atoms with Crippen molar-refractivity contribution < 1.29 is 35.3 Å². The molecule has 0 amide bonds. The molecule has 6 N–H and O–H groups in total. The summed E-state index contributed by atoms with van der Waals surface area (Å²) in [7, 11) is 0. The van der Waals surface area contributed by atoms with E-state index in [4.69, 9.17) is 0 Å². The molecule has 0 aliphatic rings. The van der Waals surface area contributed by atoms with Crippen molar-refractivity contribution in [2.45, 2.75) is 18.9 Å². The van der Waals surface area contributed by atoms with Gasteiger partial charge in [0.15, 0.2) is 22.8 Å². The molecule has 0 aliphatic carbocycles. The molecule has 2 rings (SSSR count). The number of carboxylic acids is 1. The number of aromatic hydroxyl groups is 4. The van der Waals surface area contributed by atoms with Crippen molar-refractivity contribution in [2.24, 2.45) is 5.10 Å². The van der Waals surface area contributed by atoms with Gasteiger partial charge in [-0.05, 0) is 30.7 Å². The first-order valence-corrected chi connectivity index (χ1v) is 7.78. The van der Waals surface area contributed by atoms with Gasteiger partial charge in [-0.25, -0.2) is 4.79 Å². The molecule has 0 aromatic heterocycles. The zero-order chi connectivity index (χ0) is 21.1. The van der Waals surface area contributed by atoms with E-state index in [0.29, 0.717) is 5.56 Å². The van der Waals surface area contributed by atoms with Gasteiger partial charge in [-0.2, -0.15) is 5.10 Å². The van der Waals surface area contributed by atoms with E-state index in [1.807, 2.05) is 0 Å². The van der Waals surface area contributed by atoms with Crippen molar-refractivity contribution in [3.05, 3.63) is 51.6 Å². The van der Waals surface area contributed by atoms with Crippen LogP contribution in [-0.2, 0) is 11.2 Å². The number of aliphatic carboxylic acids is 1. The molecule has 11 nitrogen and oxygen atoms in total. The van der Waals surface area contributed by atoms with Gasteiger partial charge in [0.1, 0.15) is 0 Å². The molecule has 0 fully saturated rings. The van der Waals surface area contributed by atoms with Gasteiger partial charge in [0, 0.05) is 18.1 Å². The third-order valence-corrected chi connectivity index (χ3v) is 3.88. The number of benzene rings is 2. The molecular weight excluding hydrogens is 374 g/mol. The number of carboxylic acid groups (broad SMARTS) is 1. The number of carbonyl (C=O) groups is 1. The van der Waals surface area contributed by atoms with Crippen molar-refractivity contribution in [3.8, 4) is 23.0 Å². The highest BCUT2D eigenvalue weighted by Crippen LogP contribution is 2.35. The average molecular weight is 391 g/mol. The number of nitro benzene ring substituents is 1. The highest BCUT2D eigenvalue weighted by molar-refractivity contribution is 5.83. The lowest BCUT2D eigenvalue weighted by Crippen LogP contribution is -2.48. The summed E-state index contributed by atoms with van der Waals surface area (Å²) in [6.07, 6.45) is 0.927. The van der Waals surface area contributed by atoms with Gasteiger partial charge >= 0.3 is 11.7 Å². The third-order valence-electron chi connectivity index (χ3n) is 3.88. The summed E-state index contributed by atoms with van der Waals surface area (Å²) in [6, 6.07) is 5.83. The molecule has 0 saturated carbocycles. The van der Waals surface area contributed by atoms with Gasteiger partial charge in [0.05, 0.1) is 11.1 Å². The van der Waals surface area contributed by atoms with Gasteiger partial charge in [-0.3, -0.25) is 15.5 Å². The van der Waals surface area contributed by atoms with Crippen LogP contribution < -0.4 is 5.43 Å². The van der Waals surface area contributed by atoms with Crippen molar-refractivity contribution in [3.63, 3.8) is 0 Å². The number of nitro groups is 1. The molecule has 0 aliphatic heterocycles. The van der Waals surface area contributed by atoms with Crippen LogP contribution in [0.15, 0.2) is 35.4 Å². The van der Waals surface area contributed by atoms with E-state index in [0.717, 1.165) is 18.3 Å². The van der Waals surface area contributed by atoms with Gasteiger partial charge in [-0.1, -0.05) is 6.07 Å². The minimum absolute atomic E-state index is 0.0458. The largest absolute Gasteiger partial charge is 0.504 e. The fourth-order valence-electron chi connectivity index (χ4n) is 2.34. The molecule has 0 heterocycles. The van der Waals surface area contributed by atoms with Crippen LogP contribution in [-0.4, -0.2) is 48.2 Å². The zero-order valence-corrected chi connectivity index (χ0v) is 14.5. The molecule has 148 valence electrons. The Labute approximate surface area is 158 Å². The minimum atomic E-state index is -1.62. The summed E-state index contributed by atoms with van der Waals surface area (Å²) in [5.74, 6) is -3.63. The summed E-state index contributed by atoms with van der Waals surface area (Å²) in [6.45, 7) is 1.33. The van der Waals surface area contributed by atoms with Crippen LogP contribution in [0.2, 0.25) is 0 Å². The number of hydrogen-bond acceptors (Lipinski definition) is 9. The first-order chi connectivity index (χ1) is 13.0. The Kier molecular flexibility index (Phi) is 5.58. The first kappa shape index (κ1) is 20.3. The Hall–Kier alpha value is -4.02. The molecule has 0 spiro atoms. The second-order valence-corrected chi connectivity index (χ2v) is 6.17. The SMILES string of the molecule is CC(Cc1ccc(O)c(O)c1)(N/N=C/c1cc(O)c(O)c([N+](=O)[O-])c1)C(=O)O. The van der Waals surface area contributed by atoms with Crippen molar-refractivity contribution in [2.75, 3.05) is 0 Å². The topological polar surface area (TPSA) is 186 Å². The summed E-state index contributed by atoms with van der Waals surface area (Å²) in [5, 5.41) is 62.0. The lowest BCUT2D eigenvalue weighted by atomic mass is 9.93. The summed E-state index contributed by atoms with van der Waals surface area (Å²) < 4.78 is 0. The standard InChI is InChI=1S/C17H17N3O8/c1-17(16(25)26,7-9-2-3-12(21)13(22)5-9)19-18-8-10-4-11(20(27)28)15(24)14(23)6-10/h2-6,8,19,21-24H,7H2,1H3,(H,25,26)/b18-8+. The monoisotopic (exact) mass is 391 g/mol. The van der Waals surface area contributed by atoms with E-state index in [-0.39, 0.29) is 17.7 Å². The smallest absolute Gasteiger partial charge is 0.330 e. The first-order valence-electron chi connectivity index (χ1n) is 7.78. The van der Waals surface area contributed by atoms with E-state index in [1.54, 1.807) is 0 Å². The lowest BCUT2D eigenvalue weighted by Gasteiger charge is -2.24. The van der Waals surface area contributed by atoms with Gasteiger partial charge in [-0.15, -0.1) is 0 Å².